The van der Waals surface area contributed by atoms with Gasteiger partial charge in [-0.25, -0.2) is 0 Å². The summed E-state index contributed by atoms with van der Waals surface area (Å²) in [6.07, 6.45) is 3.16. The summed E-state index contributed by atoms with van der Waals surface area (Å²) in [5, 5.41) is 0.0207. The molecule has 2 aromatic rings. The van der Waals surface area contributed by atoms with Gasteiger partial charge >= 0.3 is 0 Å². The summed E-state index contributed by atoms with van der Waals surface area (Å²) in [6.45, 7) is 4.76. The Morgan fingerprint density at radius 3 is 2.79 bits per heavy atom. The van der Waals surface area contributed by atoms with Gasteiger partial charge in [-0.3, -0.25) is 9.79 Å². The Balaban J connectivity index is 2.19. The second-order valence-electron chi connectivity index (χ2n) is 6.77. The van der Waals surface area contributed by atoms with Gasteiger partial charge in [0.1, 0.15) is 0 Å². The number of nitrogens with two attached hydrogens (primary N) is 1. The van der Waals surface area contributed by atoms with Crippen molar-refractivity contribution in [1.29, 1.82) is 0 Å². The summed E-state index contributed by atoms with van der Waals surface area (Å²) >= 11 is 7.87. The molecule has 1 amide bonds. The van der Waals surface area contributed by atoms with E-state index in [1.54, 1.807) is 13.3 Å². The van der Waals surface area contributed by atoms with Gasteiger partial charge < -0.3 is 10.6 Å². The van der Waals surface area contributed by atoms with Crippen molar-refractivity contribution in [2.45, 2.75) is 17.9 Å². The number of nitrogens with zero attached hydrogens (tertiary/aromatic N) is 2. The molecule has 2 heterocycles. The monoisotopic (exact) mass is 463 g/mol. The topological polar surface area (TPSA) is 58.7 Å². The molecule has 2 N–H and O–H groups in total. The fourth-order valence-corrected chi connectivity index (χ4v) is 5.32. The molecule has 0 saturated heterocycles. The molecule has 0 fully saturated rings. The maximum Gasteiger partial charge on any atom is 0.246 e. The number of carbonyl (C=O) groups is 1. The summed E-state index contributed by atoms with van der Waals surface area (Å²) in [5.41, 5.74) is 11.3. The lowest BCUT2D eigenvalue weighted by Gasteiger charge is -2.33. The first kappa shape index (κ1) is 22.2. The predicted molar refractivity (Wildman–Crippen MR) is 132 cm³/mol. The number of amides is 1. The van der Waals surface area contributed by atoms with E-state index in [0.29, 0.717) is 13.1 Å². The van der Waals surface area contributed by atoms with Crippen LogP contribution in [0.15, 0.2) is 53.7 Å². The standard InChI is InChI=1S/C21H24ClN3OP2S/c1-3-19(26)25-10-16(14-8-18(22)29-17(14)11-25)13-7-5-4-6-12(13)15(9-24-2)20(23)21(27)28/h3-9,16,21H,1,10-11,23,27-28H2,2H3. The molecule has 1 aromatic heterocycles. The van der Waals surface area contributed by atoms with Crippen molar-refractivity contribution < 1.29 is 4.79 Å². The first-order chi connectivity index (χ1) is 13.9. The molecule has 1 aromatic carbocycles. The van der Waals surface area contributed by atoms with E-state index in [-0.39, 0.29) is 17.2 Å². The van der Waals surface area contributed by atoms with Crippen LogP contribution < -0.4 is 5.73 Å². The minimum Gasteiger partial charge on any atom is -0.401 e. The quantitative estimate of drug-likeness (QED) is 0.403. The van der Waals surface area contributed by atoms with Gasteiger partial charge in [-0.1, -0.05) is 42.4 Å². The van der Waals surface area contributed by atoms with Gasteiger partial charge in [-0.05, 0) is 28.8 Å². The number of allylic oxidation sites excluding steroid dienone is 2. The van der Waals surface area contributed by atoms with Crippen LogP contribution in [0.2, 0.25) is 4.34 Å². The van der Waals surface area contributed by atoms with Crippen molar-refractivity contribution in [3.8, 4) is 0 Å². The molecule has 0 saturated carbocycles. The first-order valence-electron chi connectivity index (χ1n) is 9.09. The van der Waals surface area contributed by atoms with Crippen LogP contribution in [0.3, 0.4) is 0 Å². The third-order valence-corrected chi connectivity index (χ3v) is 6.95. The van der Waals surface area contributed by atoms with Crippen LogP contribution in [0.5, 0.6) is 0 Å². The first-order valence-corrected chi connectivity index (χ1v) is 11.6. The highest BCUT2D eigenvalue weighted by Gasteiger charge is 2.32. The van der Waals surface area contributed by atoms with E-state index in [4.69, 9.17) is 17.3 Å². The number of fused-ring (bicyclic) bond motifs is 1. The highest BCUT2D eigenvalue weighted by Crippen LogP contribution is 2.42. The van der Waals surface area contributed by atoms with Gasteiger partial charge in [0.05, 0.1) is 10.9 Å². The second kappa shape index (κ2) is 9.53. The van der Waals surface area contributed by atoms with Crippen LogP contribution in [0, 0.1) is 0 Å². The normalized spacial score (nSPS) is 17.4. The van der Waals surface area contributed by atoms with Crippen LogP contribution >= 0.6 is 41.4 Å². The minimum absolute atomic E-state index is 0.0110. The fraction of sp³-hybridized carbons (Fsp3) is 0.238. The number of halogens is 1. The predicted octanol–water partition coefficient (Wildman–Crippen LogP) is 4.51. The molecule has 1 aliphatic rings. The molecule has 0 bridgehead atoms. The lowest BCUT2D eigenvalue weighted by molar-refractivity contribution is -0.127. The Hall–Kier alpha value is -1.51. The number of aliphatic imine (C=N–C) groups is 1. The van der Waals surface area contributed by atoms with Gasteiger partial charge in [0.2, 0.25) is 5.91 Å². The summed E-state index contributed by atoms with van der Waals surface area (Å²) in [6, 6.07) is 10.2. The number of benzene rings is 1. The smallest absolute Gasteiger partial charge is 0.246 e. The number of carbonyl (C=O) groups excluding carboxylic acids is 1. The van der Waals surface area contributed by atoms with Crippen molar-refractivity contribution in [3.05, 3.63) is 74.6 Å². The van der Waals surface area contributed by atoms with Gasteiger partial charge in [0, 0.05) is 47.3 Å². The SMILES string of the molecule is C=CC(=O)N1Cc2sc(Cl)cc2C(c2ccccc2C(C=NC)=C(N)C(P)P)C1. The van der Waals surface area contributed by atoms with Gasteiger partial charge in [-0.2, -0.15) is 0 Å². The van der Waals surface area contributed by atoms with E-state index in [2.05, 4.69) is 42.2 Å². The molecular weight excluding hydrogens is 440 g/mol. The minimum atomic E-state index is -0.0805. The van der Waals surface area contributed by atoms with E-state index >= 15 is 0 Å². The lowest BCUT2D eigenvalue weighted by atomic mass is 9.83. The molecule has 29 heavy (non-hydrogen) atoms. The molecule has 4 nitrogen and oxygen atoms in total. The van der Waals surface area contributed by atoms with Crippen molar-refractivity contribution in [2.75, 3.05) is 13.6 Å². The van der Waals surface area contributed by atoms with Crippen molar-refractivity contribution in [2.24, 2.45) is 10.7 Å². The Morgan fingerprint density at radius 2 is 2.14 bits per heavy atom. The molecule has 0 aliphatic carbocycles. The van der Waals surface area contributed by atoms with Gasteiger partial charge in [0.25, 0.3) is 0 Å². The highest BCUT2D eigenvalue weighted by molar-refractivity contribution is 7.38. The Bertz CT molecular complexity index is 1000. The van der Waals surface area contributed by atoms with Gasteiger partial charge in [0.15, 0.2) is 0 Å². The van der Waals surface area contributed by atoms with E-state index < -0.39 is 0 Å². The third kappa shape index (κ3) is 4.64. The van der Waals surface area contributed by atoms with Crippen molar-refractivity contribution in [3.63, 3.8) is 0 Å². The van der Waals surface area contributed by atoms with Crippen LogP contribution in [-0.4, -0.2) is 36.0 Å². The zero-order chi connectivity index (χ0) is 21.1. The van der Waals surface area contributed by atoms with E-state index in [0.717, 1.165) is 31.6 Å². The summed E-state index contributed by atoms with van der Waals surface area (Å²) < 4.78 is 0.728. The van der Waals surface area contributed by atoms with E-state index in [9.17, 15) is 4.79 Å². The molecule has 0 spiro atoms. The number of hydrogen-bond donors (Lipinski definition) is 1. The third-order valence-electron chi connectivity index (χ3n) is 4.97. The molecule has 3 rings (SSSR count). The molecule has 3 unspecified atom stereocenters. The second-order valence-corrected chi connectivity index (χ2v) is 10.7. The number of hydrogen-bond acceptors (Lipinski definition) is 4. The van der Waals surface area contributed by atoms with Crippen LogP contribution in [0.1, 0.15) is 27.5 Å². The Labute approximate surface area is 185 Å². The summed E-state index contributed by atoms with van der Waals surface area (Å²) in [5.74, 6) is -0.0915. The maximum absolute atomic E-state index is 12.4. The molecule has 1 aliphatic heterocycles. The van der Waals surface area contributed by atoms with Crippen LogP contribution in [0.4, 0.5) is 0 Å². The summed E-state index contributed by atoms with van der Waals surface area (Å²) in [4.78, 5) is 19.6. The molecule has 0 radical (unpaired) electrons. The molecule has 152 valence electrons. The Morgan fingerprint density at radius 1 is 1.41 bits per heavy atom. The van der Waals surface area contributed by atoms with Crippen molar-refractivity contribution >= 4 is 59.1 Å². The average Bonchev–Trinajstić information content (AvgIpc) is 3.10. The zero-order valence-corrected chi connectivity index (χ0v) is 20.0. The maximum atomic E-state index is 12.4. The number of thiophene rings is 1. The zero-order valence-electron chi connectivity index (χ0n) is 16.1. The van der Waals surface area contributed by atoms with Crippen molar-refractivity contribution in [1.82, 2.24) is 4.90 Å². The van der Waals surface area contributed by atoms with E-state index in [1.807, 2.05) is 23.1 Å². The van der Waals surface area contributed by atoms with E-state index in [1.165, 1.54) is 23.0 Å². The molecule has 3 atom stereocenters. The molecule has 8 heteroatoms. The van der Waals surface area contributed by atoms with Crippen LogP contribution in [0.25, 0.3) is 5.57 Å². The Kier molecular flexibility index (Phi) is 7.29. The number of rotatable bonds is 5. The molecular formula is C21H24ClN3OP2S. The highest BCUT2D eigenvalue weighted by atomic mass is 35.5. The lowest BCUT2D eigenvalue weighted by Crippen LogP contribution is -2.37. The average molecular weight is 464 g/mol. The summed E-state index contributed by atoms with van der Waals surface area (Å²) in [7, 11) is 7.14. The van der Waals surface area contributed by atoms with Crippen LogP contribution in [-0.2, 0) is 11.3 Å². The fourth-order valence-electron chi connectivity index (χ4n) is 3.60. The van der Waals surface area contributed by atoms with Gasteiger partial charge in [-0.15, -0.1) is 29.8 Å². The largest absolute Gasteiger partial charge is 0.401 e.